The molecular weight excluding hydrogens is 274 g/mol. The molecule has 1 aliphatic rings. The fraction of sp³-hybridized carbons (Fsp3) is 0.562. The van der Waals surface area contributed by atoms with Gasteiger partial charge < -0.3 is 10.6 Å². The van der Waals surface area contributed by atoms with Gasteiger partial charge in [-0.2, -0.15) is 0 Å². The first-order valence-electron chi connectivity index (χ1n) is 7.24. The molecule has 3 nitrogen and oxygen atoms in total. The molecule has 2 atom stereocenters. The number of carbonyl (C=O) groups excluding carboxylic acids is 1. The van der Waals surface area contributed by atoms with Crippen molar-refractivity contribution in [1.82, 2.24) is 4.90 Å². The van der Waals surface area contributed by atoms with E-state index in [0.29, 0.717) is 24.8 Å². The lowest BCUT2D eigenvalue weighted by molar-refractivity contribution is -0.139. The summed E-state index contributed by atoms with van der Waals surface area (Å²) in [6, 6.07) is 2.52. The van der Waals surface area contributed by atoms with E-state index in [-0.39, 0.29) is 11.9 Å². The summed E-state index contributed by atoms with van der Waals surface area (Å²) in [5.74, 6) is -1.32. The molecule has 0 aliphatic carbocycles. The summed E-state index contributed by atoms with van der Waals surface area (Å²) in [6.07, 6.45) is 1.77. The molecule has 5 heteroatoms. The average Bonchev–Trinajstić information content (AvgIpc) is 2.46. The van der Waals surface area contributed by atoms with Crippen LogP contribution in [-0.2, 0) is 4.79 Å². The van der Waals surface area contributed by atoms with Crippen molar-refractivity contribution in [3.63, 3.8) is 0 Å². The SMILES string of the molecule is CC(C)(C)N1C(=O)CCCC(N)C1c1cc(F)cc(F)c1. The van der Waals surface area contributed by atoms with Crippen molar-refractivity contribution in [3.8, 4) is 0 Å². The van der Waals surface area contributed by atoms with Crippen LogP contribution < -0.4 is 5.73 Å². The van der Waals surface area contributed by atoms with E-state index in [1.54, 1.807) is 4.90 Å². The summed E-state index contributed by atoms with van der Waals surface area (Å²) in [5, 5.41) is 0. The zero-order chi connectivity index (χ0) is 15.8. The molecule has 2 rings (SSSR count). The van der Waals surface area contributed by atoms with Crippen LogP contribution in [0.4, 0.5) is 8.78 Å². The van der Waals surface area contributed by atoms with Crippen LogP contribution in [0.5, 0.6) is 0 Å². The highest BCUT2D eigenvalue weighted by molar-refractivity contribution is 5.78. The molecule has 1 heterocycles. The normalized spacial score (nSPS) is 24.1. The number of benzene rings is 1. The topological polar surface area (TPSA) is 46.3 Å². The number of amides is 1. The lowest BCUT2D eigenvalue weighted by atomic mass is 9.92. The second-order valence-electron chi connectivity index (χ2n) is 6.64. The number of halogens is 2. The van der Waals surface area contributed by atoms with Crippen LogP contribution in [0.25, 0.3) is 0 Å². The Bertz CT molecular complexity index is 519. The summed E-state index contributed by atoms with van der Waals surface area (Å²) in [6.45, 7) is 5.72. The number of nitrogens with two attached hydrogens (primary N) is 1. The molecule has 21 heavy (non-hydrogen) atoms. The van der Waals surface area contributed by atoms with Gasteiger partial charge in [0.15, 0.2) is 0 Å². The maximum absolute atomic E-state index is 13.5. The third kappa shape index (κ3) is 3.40. The summed E-state index contributed by atoms with van der Waals surface area (Å²) >= 11 is 0. The zero-order valence-electron chi connectivity index (χ0n) is 12.7. The van der Waals surface area contributed by atoms with Crippen LogP contribution in [0.15, 0.2) is 18.2 Å². The molecule has 0 aromatic heterocycles. The van der Waals surface area contributed by atoms with Crippen LogP contribution in [0, 0.1) is 11.6 Å². The van der Waals surface area contributed by atoms with Crippen LogP contribution in [0.3, 0.4) is 0 Å². The maximum atomic E-state index is 13.5. The van der Waals surface area contributed by atoms with Gasteiger partial charge in [0.25, 0.3) is 0 Å². The van der Waals surface area contributed by atoms with Gasteiger partial charge in [-0.15, -0.1) is 0 Å². The van der Waals surface area contributed by atoms with Crippen LogP contribution >= 0.6 is 0 Å². The lowest BCUT2D eigenvalue weighted by Gasteiger charge is -2.43. The van der Waals surface area contributed by atoms with Crippen molar-refractivity contribution < 1.29 is 13.6 Å². The van der Waals surface area contributed by atoms with E-state index >= 15 is 0 Å². The second kappa shape index (κ2) is 5.72. The smallest absolute Gasteiger partial charge is 0.223 e. The quantitative estimate of drug-likeness (QED) is 0.865. The standard InChI is InChI=1S/C16H22F2N2O/c1-16(2,3)20-14(21)6-4-5-13(19)15(20)10-7-11(17)9-12(18)8-10/h7-9,13,15H,4-6,19H2,1-3H3. The summed E-state index contributed by atoms with van der Waals surface area (Å²) in [5.41, 5.74) is 6.18. The van der Waals surface area contributed by atoms with Gasteiger partial charge in [0.2, 0.25) is 5.91 Å². The second-order valence-corrected chi connectivity index (χ2v) is 6.64. The molecule has 1 aromatic carbocycles. The molecule has 2 unspecified atom stereocenters. The molecule has 0 bridgehead atoms. The number of carbonyl (C=O) groups is 1. The molecule has 1 fully saturated rings. The third-order valence-corrected chi connectivity index (χ3v) is 3.83. The van der Waals surface area contributed by atoms with Crippen molar-refractivity contribution in [1.29, 1.82) is 0 Å². The molecule has 0 radical (unpaired) electrons. The molecule has 1 saturated heterocycles. The van der Waals surface area contributed by atoms with E-state index in [1.807, 2.05) is 20.8 Å². The van der Waals surface area contributed by atoms with Crippen LogP contribution in [0.1, 0.15) is 51.6 Å². The van der Waals surface area contributed by atoms with Crippen molar-refractivity contribution in [2.75, 3.05) is 0 Å². The van der Waals surface area contributed by atoms with E-state index in [9.17, 15) is 13.6 Å². The number of hydrogen-bond acceptors (Lipinski definition) is 2. The van der Waals surface area contributed by atoms with Gasteiger partial charge in [-0.05, 0) is 51.3 Å². The van der Waals surface area contributed by atoms with Crippen molar-refractivity contribution >= 4 is 5.91 Å². The van der Waals surface area contributed by atoms with E-state index < -0.39 is 23.2 Å². The first-order chi connectivity index (χ1) is 9.70. The van der Waals surface area contributed by atoms with Gasteiger partial charge in [0, 0.05) is 24.1 Å². The highest BCUT2D eigenvalue weighted by atomic mass is 19.1. The largest absolute Gasteiger partial charge is 0.329 e. The Balaban J connectivity index is 2.54. The molecule has 0 saturated carbocycles. The Morgan fingerprint density at radius 3 is 2.29 bits per heavy atom. The minimum Gasteiger partial charge on any atom is -0.329 e. The van der Waals surface area contributed by atoms with E-state index in [1.165, 1.54) is 12.1 Å². The number of likely N-dealkylation sites (tertiary alicyclic amines) is 1. The minimum absolute atomic E-state index is 0.0230. The van der Waals surface area contributed by atoms with Gasteiger partial charge >= 0.3 is 0 Å². The summed E-state index contributed by atoms with van der Waals surface area (Å²) in [4.78, 5) is 14.1. The minimum atomic E-state index is -0.650. The summed E-state index contributed by atoms with van der Waals surface area (Å²) in [7, 11) is 0. The highest BCUT2D eigenvalue weighted by Gasteiger charge is 2.39. The van der Waals surface area contributed by atoms with Crippen molar-refractivity contribution in [2.24, 2.45) is 5.73 Å². The Labute approximate surface area is 124 Å². The van der Waals surface area contributed by atoms with Crippen LogP contribution in [0.2, 0.25) is 0 Å². The zero-order valence-corrected chi connectivity index (χ0v) is 12.7. The number of rotatable bonds is 1. The van der Waals surface area contributed by atoms with Gasteiger partial charge in [-0.3, -0.25) is 4.79 Å². The average molecular weight is 296 g/mol. The molecule has 0 spiro atoms. The Kier molecular flexibility index (Phi) is 4.33. The Hall–Kier alpha value is -1.49. The van der Waals surface area contributed by atoms with Gasteiger partial charge in [0.05, 0.1) is 6.04 Å². The molecular formula is C16H22F2N2O. The molecule has 1 aliphatic heterocycles. The monoisotopic (exact) mass is 296 g/mol. The van der Waals surface area contributed by atoms with Crippen molar-refractivity contribution in [3.05, 3.63) is 35.4 Å². The van der Waals surface area contributed by atoms with Crippen LogP contribution in [-0.4, -0.2) is 22.4 Å². The van der Waals surface area contributed by atoms with E-state index in [0.717, 1.165) is 6.07 Å². The first-order valence-corrected chi connectivity index (χ1v) is 7.24. The highest BCUT2D eigenvalue weighted by Crippen LogP contribution is 2.35. The Morgan fingerprint density at radius 2 is 1.76 bits per heavy atom. The summed E-state index contributed by atoms with van der Waals surface area (Å²) < 4.78 is 27.1. The van der Waals surface area contributed by atoms with Crippen molar-refractivity contribution in [2.45, 2.75) is 57.7 Å². The van der Waals surface area contributed by atoms with E-state index in [2.05, 4.69) is 0 Å². The van der Waals surface area contributed by atoms with E-state index in [4.69, 9.17) is 5.73 Å². The van der Waals surface area contributed by atoms with Gasteiger partial charge in [-0.25, -0.2) is 8.78 Å². The Morgan fingerprint density at radius 1 is 1.19 bits per heavy atom. The fourth-order valence-corrected chi connectivity index (χ4v) is 3.05. The van der Waals surface area contributed by atoms with Gasteiger partial charge in [0.1, 0.15) is 11.6 Å². The maximum Gasteiger partial charge on any atom is 0.223 e. The van der Waals surface area contributed by atoms with Gasteiger partial charge in [-0.1, -0.05) is 0 Å². The molecule has 1 amide bonds. The first kappa shape index (κ1) is 15.9. The third-order valence-electron chi connectivity index (χ3n) is 3.83. The molecule has 2 N–H and O–H groups in total. The predicted octanol–water partition coefficient (Wildman–Crippen LogP) is 3.14. The molecule has 116 valence electrons. The molecule has 1 aromatic rings. The number of hydrogen-bond donors (Lipinski definition) is 1. The number of nitrogens with zero attached hydrogens (tertiary/aromatic N) is 1. The fourth-order valence-electron chi connectivity index (χ4n) is 3.05. The lowest BCUT2D eigenvalue weighted by Crippen LogP contribution is -2.51. The predicted molar refractivity (Wildman–Crippen MR) is 77.5 cm³/mol.